The van der Waals surface area contributed by atoms with Crippen molar-refractivity contribution >= 4 is 11.5 Å². The number of carbonyl (C=O) groups is 1. The number of hydrogen-bond donors (Lipinski definition) is 1. The van der Waals surface area contributed by atoms with Crippen LogP contribution >= 0.6 is 0 Å². The van der Waals surface area contributed by atoms with Crippen molar-refractivity contribution in [3.8, 4) is 22.6 Å². The van der Waals surface area contributed by atoms with Gasteiger partial charge in [-0.1, -0.05) is 45.0 Å². The third-order valence-electron chi connectivity index (χ3n) is 7.94. The molecule has 5 rings (SSSR count). The normalized spacial score (nSPS) is 19.5. The number of ether oxygens (including phenoxy) is 2. The minimum absolute atomic E-state index is 0.0140. The zero-order valence-corrected chi connectivity index (χ0v) is 21.9. The summed E-state index contributed by atoms with van der Waals surface area (Å²) in [7, 11) is 1.59. The van der Waals surface area contributed by atoms with Crippen LogP contribution in [-0.4, -0.2) is 18.2 Å². The van der Waals surface area contributed by atoms with Gasteiger partial charge in [0.05, 0.1) is 13.5 Å². The van der Waals surface area contributed by atoms with Crippen LogP contribution in [-0.2, 0) is 23.2 Å². The first kappa shape index (κ1) is 25.1. The number of rotatable bonds is 8. The van der Waals surface area contributed by atoms with Gasteiger partial charge in [0.15, 0.2) is 0 Å². The lowest BCUT2D eigenvalue weighted by atomic mass is 9.63. The van der Waals surface area contributed by atoms with Crippen LogP contribution in [0.25, 0.3) is 16.7 Å². The lowest BCUT2D eigenvalue weighted by molar-refractivity contribution is -0.138. The van der Waals surface area contributed by atoms with E-state index in [9.17, 15) is 9.90 Å². The van der Waals surface area contributed by atoms with Gasteiger partial charge in [0.25, 0.3) is 0 Å². The van der Waals surface area contributed by atoms with Crippen LogP contribution in [0.15, 0.2) is 60.7 Å². The summed E-state index contributed by atoms with van der Waals surface area (Å²) < 4.78 is 26.6. The van der Waals surface area contributed by atoms with Crippen molar-refractivity contribution < 1.29 is 23.8 Å². The van der Waals surface area contributed by atoms with Crippen molar-refractivity contribution in [2.24, 2.45) is 5.41 Å². The number of carboxylic acids is 1. The monoisotopic (exact) mass is 500 g/mol. The van der Waals surface area contributed by atoms with E-state index in [1.54, 1.807) is 19.2 Å². The Bertz CT molecular complexity index is 1400. The Hall–Kier alpha value is -3.60. The number of hydrogen-bond acceptors (Lipinski definition) is 3. The summed E-state index contributed by atoms with van der Waals surface area (Å²) in [5.74, 6) is 0.266. The highest BCUT2D eigenvalue weighted by atomic mass is 19.1. The summed E-state index contributed by atoms with van der Waals surface area (Å²) in [6, 6.07) is 16.9. The number of halogens is 1. The van der Waals surface area contributed by atoms with E-state index in [1.165, 1.54) is 17.2 Å². The number of fused-ring (bicyclic) bond motifs is 1. The fourth-order valence-corrected chi connectivity index (χ4v) is 5.87. The molecule has 3 aromatic rings. The second-order valence-corrected chi connectivity index (χ2v) is 11.2. The number of aliphatic carboxylic acids is 1. The summed E-state index contributed by atoms with van der Waals surface area (Å²) in [5.41, 5.74) is 6.45. The molecule has 1 atom stereocenters. The minimum Gasteiger partial charge on any atom is -0.497 e. The first-order valence-electron chi connectivity index (χ1n) is 12.8. The Balaban J connectivity index is 1.46. The van der Waals surface area contributed by atoms with Crippen LogP contribution in [0, 0.1) is 11.2 Å². The zero-order valence-electron chi connectivity index (χ0n) is 21.9. The Kier molecular flexibility index (Phi) is 6.35. The molecular formula is C32H33FO4. The van der Waals surface area contributed by atoms with Crippen LogP contribution in [0.5, 0.6) is 11.5 Å². The fraction of sp³-hybridized carbons (Fsp3) is 0.344. The van der Waals surface area contributed by atoms with E-state index in [0.29, 0.717) is 17.9 Å². The minimum atomic E-state index is -0.788. The SMILES string of the molecule is COc1ccc(F)c(-c2ccc(COc3ccc4c(c3)[C@](C)(CC(=O)O)C4)cc2C2=CCCC2(C)C)c1. The Morgan fingerprint density at radius 2 is 1.76 bits per heavy atom. The first-order valence-corrected chi connectivity index (χ1v) is 12.8. The summed E-state index contributed by atoms with van der Waals surface area (Å²) in [5, 5.41) is 9.30. The van der Waals surface area contributed by atoms with Gasteiger partial charge < -0.3 is 14.6 Å². The van der Waals surface area contributed by atoms with E-state index in [1.807, 2.05) is 37.3 Å². The summed E-state index contributed by atoms with van der Waals surface area (Å²) in [6.07, 6.45) is 5.19. The molecule has 0 saturated carbocycles. The van der Waals surface area contributed by atoms with Gasteiger partial charge in [-0.15, -0.1) is 0 Å². The molecule has 4 nitrogen and oxygen atoms in total. The molecule has 2 aliphatic carbocycles. The number of benzene rings is 3. The maximum atomic E-state index is 15.0. The lowest BCUT2D eigenvalue weighted by Gasteiger charge is -2.40. The van der Waals surface area contributed by atoms with E-state index in [0.717, 1.165) is 47.3 Å². The van der Waals surface area contributed by atoms with E-state index >= 15 is 4.39 Å². The molecule has 192 valence electrons. The molecule has 37 heavy (non-hydrogen) atoms. The molecule has 0 aliphatic heterocycles. The van der Waals surface area contributed by atoms with Crippen LogP contribution in [0.4, 0.5) is 4.39 Å². The Labute approximate surface area is 217 Å². The van der Waals surface area contributed by atoms with Crippen molar-refractivity contribution in [3.05, 3.63) is 88.7 Å². The second-order valence-electron chi connectivity index (χ2n) is 11.2. The van der Waals surface area contributed by atoms with Gasteiger partial charge in [0.2, 0.25) is 0 Å². The summed E-state index contributed by atoms with van der Waals surface area (Å²) in [6.45, 7) is 6.82. The van der Waals surface area contributed by atoms with Crippen molar-refractivity contribution in [3.63, 3.8) is 0 Å². The summed E-state index contributed by atoms with van der Waals surface area (Å²) >= 11 is 0. The highest BCUT2D eigenvalue weighted by Crippen LogP contribution is 2.48. The van der Waals surface area contributed by atoms with Gasteiger partial charge in [-0.3, -0.25) is 4.79 Å². The molecule has 0 amide bonds. The summed E-state index contributed by atoms with van der Waals surface area (Å²) in [4.78, 5) is 11.3. The van der Waals surface area contributed by atoms with E-state index in [4.69, 9.17) is 9.47 Å². The Morgan fingerprint density at radius 1 is 0.973 bits per heavy atom. The predicted molar refractivity (Wildman–Crippen MR) is 143 cm³/mol. The number of allylic oxidation sites excluding steroid dienone is 2. The maximum Gasteiger partial charge on any atom is 0.304 e. The molecule has 0 saturated heterocycles. The largest absolute Gasteiger partial charge is 0.497 e. The van der Waals surface area contributed by atoms with Gasteiger partial charge in [-0.25, -0.2) is 4.39 Å². The highest BCUT2D eigenvalue weighted by molar-refractivity contribution is 5.85. The lowest BCUT2D eigenvalue weighted by Crippen LogP contribution is -2.37. The maximum absolute atomic E-state index is 15.0. The average Bonchev–Trinajstić information content (AvgIpc) is 3.21. The van der Waals surface area contributed by atoms with Crippen LogP contribution in [0.3, 0.4) is 0 Å². The fourth-order valence-electron chi connectivity index (χ4n) is 5.87. The topological polar surface area (TPSA) is 55.8 Å². The predicted octanol–water partition coefficient (Wildman–Crippen LogP) is 7.57. The van der Waals surface area contributed by atoms with Gasteiger partial charge >= 0.3 is 5.97 Å². The van der Waals surface area contributed by atoms with Crippen molar-refractivity contribution in [2.75, 3.05) is 7.11 Å². The molecule has 0 radical (unpaired) electrons. The molecule has 0 aromatic heterocycles. The van der Waals surface area contributed by atoms with Crippen molar-refractivity contribution in [1.29, 1.82) is 0 Å². The van der Waals surface area contributed by atoms with Crippen molar-refractivity contribution in [1.82, 2.24) is 0 Å². The van der Waals surface area contributed by atoms with Gasteiger partial charge in [-0.05, 0) is 94.5 Å². The zero-order chi connectivity index (χ0) is 26.4. The van der Waals surface area contributed by atoms with Gasteiger partial charge in [-0.2, -0.15) is 0 Å². The molecule has 0 heterocycles. The third-order valence-corrected chi connectivity index (χ3v) is 7.94. The standard InChI is InChI=1S/C32H33FO4/c1-31(2)13-5-6-27(31)25-14-20(7-11-24(25)26-15-22(36-4)10-12-29(26)33)19-37-23-9-8-21-17-32(3,18-30(34)35)28(21)16-23/h6-12,14-16H,5,13,17-19H2,1-4H3,(H,34,35)/t32-/m0/s1. The molecule has 2 aliphatic rings. The number of methoxy groups -OCH3 is 1. The molecule has 0 fully saturated rings. The molecule has 3 aromatic carbocycles. The average molecular weight is 501 g/mol. The number of carboxylic acid groups (broad SMARTS) is 1. The Morgan fingerprint density at radius 3 is 2.46 bits per heavy atom. The molecular weight excluding hydrogens is 467 g/mol. The third kappa shape index (κ3) is 4.75. The van der Waals surface area contributed by atoms with E-state index in [2.05, 4.69) is 26.0 Å². The molecule has 1 N–H and O–H groups in total. The van der Waals surface area contributed by atoms with E-state index < -0.39 is 5.97 Å². The highest BCUT2D eigenvalue weighted by Gasteiger charge is 2.40. The van der Waals surface area contributed by atoms with Gasteiger partial charge in [0, 0.05) is 11.0 Å². The van der Waals surface area contributed by atoms with Crippen LogP contribution in [0.1, 0.15) is 62.3 Å². The molecule has 0 bridgehead atoms. The second kappa shape index (κ2) is 9.37. The molecule has 5 heteroatoms. The molecule has 0 unspecified atom stereocenters. The first-order chi connectivity index (χ1) is 17.6. The smallest absolute Gasteiger partial charge is 0.304 e. The van der Waals surface area contributed by atoms with Gasteiger partial charge in [0.1, 0.15) is 23.9 Å². The van der Waals surface area contributed by atoms with Crippen molar-refractivity contribution in [2.45, 2.75) is 58.5 Å². The molecule has 0 spiro atoms. The quantitative estimate of drug-likeness (QED) is 0.347. The van der Waals surface area contributed by atoms with E-state index in [-0.39, 0.29) is 23.1 Å². The van der Waals surface area contributed by atoms with Crippen LogP contribution < -0.4 is 9.47 Å². The van der Waals surface area contributed by atoms with Crippen LogP contribution in [0.2, 0.25) is 0 Å².